The summed E-state index contributed by atoms with van der Waals surface area (Å²) in [4.78, 5) is 22.3. The van der Waals surface area contributed by atoms with Crippen molar-refractivity contribution >= 4 is 17.4 Å². The molecule has 2 N–H and O–H groups in total. The third-order valence-electron chi connectivity index (χ3n) is 3.00. The Kier molecular flexibility index (Phi) is 3.77. The molecule has 0 saturated heterocycles. The molecule has 0 unspecified atom stereocenters. The van der Waals surface area contributed by atoms with E-state index in [9.17, 15) is 9.59 Å². The van der Waals surface area contributed by atoms with E-state index >= 15 is 0 Å². The number of anilines is 1. The topological polar surface area (TPSA) is 66.4 Å². The molecule has 94 valence electrons. The second-order valence-corrected chi connectivity index (χ2v) is 4.33. The Morgan fingerprint density at radius 1 is 1.17 bits per heavy atom. The van der Waals surface area contributed by atoms with Gasteiger partial charge in [-0.15, -0.1) is 0 Å². The fourth-order valence-electron chi connectivity index (χ4n) is 1.93. The number of nitrogens with one attached hydrogen (secondary N) is 1. The SMILES string of the molecule is O=C1CCCCC1=CNc1ccc(C(=O)O)cc1. The van der Waals surface area contributed by atoms with Crippen molar-refractivity contribution in [3.63, 3.8) is 0 Å². The molecule has 4 heteroatoms. The lowest BCUT2D eigenvalue weighted by Crippen LogP contribution is -2.09. The summed E-state index contributed by atoms with van der Waals surface area (Å²) in [6.45, 7) is 0. The molecule has 0 aliphatic heterocycles. The standard InChI is InChI=1S/C14H15NO3/c16-13-4-2-1-3-11(13)9-15-12-7-5-10(6-8-12)14(17)18/h5-9,15H,1-4H2,(H,17,18). The van der Waals surface area contributed by atoms with E-state index in [0.29, 0.717) is 6.42 Å². The predicted molar refractivity (Wildman–Crippen MR) is 68.6 cm³/mol. The number of ketones is 1. The van der Waals surface area contributed by atoms with Crippen LogP contribution in [-0.2, 0) is 4.79 Å². The summed E-state index contributed by atoms with van der Waals surface area (Å²) in [6.07, 6.45) is 5.21. The van der Waals surface area contributed by atoms with Crippen LogP contribution in [0.5, 0.6) is 0 Å². The third-order valence-corrected chi connectivity index (χ3v) is 3.00. The Morgan fingerprint density at radius 2 is 1.83 bits per heavy atom. The van der Waals surface area contributed by atoms with Crippen LogP contribution in [0.3, 0.4) is 0 Å². The van der Waals surface area contributed by atoms with Crippen molar-refractivity contribution in [3.05, 3.63) is 41.6 Å². The van der Waals surface area contributed by atoms with Crippen LogP contribution < -0.4 is 5.32 Å². The van der Waals surface area contributed by atoms with Gasteiger partial charge in [-0.3, -0.25) is 4.79 Å². The van der Waals surface area contributed by atoms with Crippen LogP contribution in [0.4, 0.5) is 5.69 Å². The van der Waals surface area contributed by atoms with Gasteiger partial charge in [0.1, 0.15) is 0 Å². The van der Waals surface area contributed by atoms with E-state index in [-0.39, 0.29) is 11.3 Å². The van der Waals surface area contributed by atoms with E-state index in [4.69, 9.17) is 5.11 Å². The first kappa shape index (κ1) is 12.4. The number of carboxylic acids is 1. The van der Waals surface area contributed by atoms with Crippen LogP contribution in [0, 0.1) is 0 Å². The molecule has 2 rings (SSSR count). The Bertz CT molecular complexity index is 488. The number of carbonyl (C=O) groups excluding carboxylic acids is 1. The van der Waals surface area contributed by atoms with Gasteiger partial charge in [-0.2, -0.15) is 0 Å². The first-order valence-corrected chi connectivity index (χ1v) is 5.99. The molecule has 0 amide bonds. The fourth-order valence-corrected chi connectivity index (χ4v) is 1.93. The zero-order valence-corrected chi connectivity index (χ0v) is 9.98. The van der Waals surface area contributed by atoms with Gasteiger partial charge < -0.3 is 10.4 Å². The Balaban J connectivity index is 2.03. The van der Waals surface area contributed by atoms with E-state index in [1.165, 1.54) is 12.1 Å². The van der Waals surface area contributed by atoms with Gasteiger partial charge in [0.25, 0.3) is 0 Å². The Morgan fingerprint density at radius 3 is 2.44 bits per heavy atom. The highest BCUT2D eigenvalue weighted by molar-refractivity contribution is 5.96. The number of aromatic carboxylic acids is 1. The van der Waals surface area contributed by atoms with Gasteiger partial charge in [0.15, 0.2) is 5.78 Å². The molecule has 0 heterocycles. The lowest BCUT2D eigenvalue weighted by atomic mass is 9.94. The minimum atomic E-state index is -0.942. The van der Waals surface area contributed by atoms with Crippen LogP contribution in [0.25, 0.3) is 0 Å². The van der Waals surface area contributed by atoms with E-state index in [1.54, 1.807) is 18.3 Å². The number of carboxylic acid groups (broad SMARTS) is 1. The Hall–Kier alpha value is -2.10. The largest absolute Gasteiger partial charge is 0.478 e. The van der Waals surface area contributed by atoms with Gasteiger partial charge in [0.05, 0.1) is 5.56 Å². The molecule has 1 aromatic rings. The molecule has 1 aliphatic rings. The number of Topliss-reactive ketones (excluding diaryl/α,β-unsaturated/α-hetero) is 1. The number of hydrogen-bond acceptors (Lipinski definition) is 3. The average molecular weight is 245 g/mol. The fraction of sp³-hybridized carbons (Fsp3) is 0.286. The van der Waals surface area contributed by atoms with Crippen molar-refractivity contribution in [2.24, 2.45) is 0 Å². The Labute approximate surface area is 105 Å². The number of benzene rings is 1. The minimum absolute atomic E-state index is 0.205. The van der Waals surface area contributed by atoms with Crippen LogP contribution in [-0.4, -0.2) is 16.9 Å². The molecular formula is C14H15NO3. The molecule has 4 nitrogen and oxygen atoms in total. The molecule has 1 aromatic carbocycles. The van der Waals surface area contributed by atoms with Crippen molar-refractivity contribution in [2.45, 2.75) is 25.7 Å². The minimum Gasteiger partial charge on any atom is -0.478 e. The zero-order chi connectivity index (χ0) is 13.0. The summed E-state index contributed by atoms with van der Waals surface area (Å²) in [5.74, 6) is -0.738. The lowest BCUT2D eigenvalue weighted by Gasteiger charge is -2.12. The molecule has 0 atom stereocenters. The predicted octanol–water partition coefficient (Wildman–Crippen LogP) is 2.82. The van der Waals surface area contributed by atoms with E-state index in [1.807, 2.05) is 0 Å². The van der Waals surface area contributed by atoms with E-state index in [0.717, 1.165) is 30.5 Å². The monoisotopic (exact) mass is 245 g/mol. The second kappa shape index (κ2) is 5.49. The maximum atomic E-state index is 11.6. The van der Waals surface area contributed by atoms with Crippen LogP contribution in [0.1, 0.15) is 36.0 Å². The van der Waals surface area contributed by atoms with Crippen molar-refractivity contribution in [3.8, 4) is 0 Å². The number of allylic oxidation sites excluding steroid dienone is 1. The zero-order valence-electron chi connectivity index (χ0n) is 9.98. The summed E-state index contributed by atoms with van der Waals surface area (Å²) >= 11 is 0. The molecule has 18 heavy (non-hydrogen) atoms. The molecule has 0 aromatic heterocycles. The molecular weight excluding hydrogens is 230 g/mol. The molecule has 0 spiro atoms. The maximum Gasteiger partial charge on any atom is 0.335 e. The quantitative estimate of drug-likeness (QED) is 0.803. The first-order valence-electron chi connectivity index (χ1n) is 5.99. The molecule has 0 bridgehead atoms. The number of hydrogen-bond donors (Lipinski definition) is 2. The van der Waals surface area contributed by atoms with Gasteiger partial charge in [0.2, 0.25) is 0 Å². The second-order valence-electron chi connectivity index (χ2n) is 4.33. The smallest absolute Gasteiger partial charge is 0.335 e. The summed E-state index contributed by atoms with van der Waals surface area (Å²) in [6, 6.07) is 6.44. The first-order chi connectivity index (χ1) is 8.66. The normalized spacial score (nSPS) is 17.8. The summed E-state index contributed by atoms with van der Waals surface area (Å²) in [5.41, 5.74) is 1.86. The van der Waals surface area contributed by atoms with Gasteiger partial charge in [-0.1, -0.05) is 0 Å². The summed E-state index contributed by atoms with van der Waals surface area (Å²) in [5, 5.41) is 11.8. The molecule has 1 saturated carbocycles. The molecule has 1 aliphatic carbocycles. The maximum absolute atomic E-state index is 11.6. The van der Waals surface area contributed by atoms with Crippen molar-refractivity contribution in [1.82, 2.24) is 0 Å². The van der Waals surface area contributed by atoms with Crippen LogP contribution in [0.2, 0.25) is 0 Å². The highest BCUT2D eigenvalue weighted by Crippen LogP contribution is 2.20. The van der Waals surface area contributed by atoms with Crippen LogP contribution in [0.15, 0.2) is 36.0 Å². The van der Waals surface area contributed by atoms with E-state index < -0.39 is 5.97 Å². The van der Waals surface area contributed by atoms with Crippen molar-refractivity contribution < 1.29 is 14.7 Å². The third kappa shape index (κ3) is 2.97. The highest BCUT2D eigenvalue weighted by atomic mass is 16.4. The average Bonchev–Trinajstić information content (AvgIpc) is 2.38. The highest BCUT2D eigenvalue weighted by Gasteiger charge is 2.14. The molecule has 0 radical (unpaired) electrons. The molecule has 1 fully saturated rings. The van der Waals surface area contributed by atoms with E-state index in [2.05, 4.69) is 5.32 Å². The van der Waals surface area contributed by atoms with Crippen molar-refractivity contribution in [1.29, 1.82) is 0 Å². The van der Waals surface area contributed by atoms with Gasteiger partial charge in [-0.05, 0) is 43.5 Å². The summed E-state index contributed by atoms with van der Waals surface area (Å²) in [7, 11) is 0. The van der Waals surface area contributed by atoms with Gasteiger partial charge in [-0.25, -0.2) is 4.79 Å². The number of rotatable bonds is 3. The van der Waals surface area contributed by atoms with Gasteiger partial charge >= 0.3 is 5.97 Å². The van der Waals surface area contributed by atoms with Crippen molar-refractivity contribution in [2.75, 3.05) is 5.32 Å². The lowest BCUT2D eigenvalue weighted by molar-refractivity contribution is -0.116. The number of carbonyl (C=O) groups is 2. The van der Waals surface area contributed by atoms with Gasteiger partial charge in [0, 0.05) is 23.9 Å². The van der Waals surface area contributed by atoms with Crippen LogP contribution >= 0.6 is 0 Å². The summed E-state index contributed by atoms with van der Waals surface area (Å²) < 4.78 is 0.